The number of fused-ring (bicyclic) bond motifs is 9. The molecule has 0 spiro atoms. The molecular formula is C72H85BN2. The van der Waals surface area contributed by atoms with E-state index < -0.39 is 0 Å². The number of nitrogens with zero attached hydrogens (tertiary/aromatic N) is 2. The maximum Gasteiger partial charge on any atom is 0.247 e. The molecule has 0 saturated heterocycles. The third-order valence-corrected chi connectivity index (χ3v) is 21.3. The van der Waals surface area contributed by atoms with Gasteiger partial charge in [0.15, 0.2) is 0 Å². The van der Waals surface area contributed by atoms with Crippen LogP contribution in [0.15, 0.2) is 102 Å². The van der Waals surface area contributed by atoms with E-state index in [0.717, 1.165) is 80.4 Å². The van der Waals surface area contributed by atoms with Crippen molar-refractivity contribution < 1.29 is 6.85 Å². The Kier molecular flexibility index (Phi) is 9.03. The quantitative estimate of drug-likeness (QED) is 0.163. The van der Waals surface area contributed by atoms with Crippen molar-refractivity contribution in [3.05, 3.63) is 164 Å². The van der Waals surface area contributed by atoms with E-state index in [1.54, 1.807) is 0 Å². The smallest absolute Gasteiger partial charge is 0.247 e. The molecule has 0 bridgehead atoms. The zero-order valence-electron chi connectivity index (χ0n) is 53.7. The number of allylic oxidation sites excluding steroid dienone is 1. The fourth-order valence-corrected chi connectivity index (χ4v) is 15.8. The Morgan fingerprint density at radius 2 is 0.840 bits per heavy atom. The fraction of sp³-hybridized carbons (Fsp3) is 0.472. The Hall–Kier alpha value is -5.28. The van der Waals surface area contributed by atoms with Crippen LogP contribution in [0.5, 0.6) is 0 Å². The minimum Gasteiger partial charge on any atom is -0.311 e. The van der Waals surface area contributed by atoms with Gasteiger partial charge in [0.1, 0.15) is 0 Å². The first-order valence-corrected chi connectivity index (χ1v) is 28.9. The van der Waals surface area contributed by atoms with Gasteiger partial charge in [0.2, 0.25) is 6.71 Å². The molecule has 2 aliphatic heterocycles. The van der Waals surface area contributed by atoms with E-state index in [1.165, 1.54) is 89.1 Å². The number of anilines is 5. The highest BCUT2D eigenvalue weighted by molar-refractivity contribution is 6.96. The summed E-state index contributed by atoms with van der Waals surface area (Å²) in [7, 11) is 0. The van der Waals surface area contributed by atoms with Crippen molar-refractivity contribution >= 4 is 51.8 Å². The molecule has 6 aromatic carbocycles. The Bertz CT molecular complexity index is 3780. The molecule has 0 saturated carbocycles. The maximum atomic E-state index is 9.74. The van der Waals surface area contributed by atoms with Gasteiger partial charge in [0.25, 0.3) is 0 Å². The third kappa shape index (κ3) is 7.09. The lowest BCUT2D eigenvalue weighted by Crippen LogP contribution is -2.56. The van der Waals surface area contributed by atoms with Gasteiger partial charge in [0.05, 0.1) is 12.5 Å². The van der Waals surface area contributed by atoms with Gasteiger partial charge in [0, 0.05) is 39.6 Å². The summed E-state index contributed by atoms with van der Waals surface area (Å²) in [6.45, 7) is 40.9. The van der Waals surface area contributed by atoms with E-state index in [1.807, 2.05) is 0 Å². The van der Waals surface area contributed by atoms with Crippen LogP contribution in [0, 0.1) is 6.92 Å². The van der Waals surface area contributed by atoms with Crippen molar-refractivity contribution in [3.63, 3.8) is 0 Å². The van der Waals surface area contributed by atoms with Gasteiger partial charge in [-0.05, 0) is 229 Å². The standard InChI is InChI=1S/C72H85BN2/c1-43-33-61-63-62(34-43)75(59-41-55-52(68(8,9)29-31-71(55,14)15)38-47(59)44-21-19-18-20-22-44)60-42-56-54(70(12,13)30-32-72(56,16)17)40-57(60)73(63)58-36-45-35-50-53(69(10,11)28-27-66(50,4)5)39-48(45)64(58)74(61)46-23-24-49-51(37-46)67(6,7)26-25-65(49,2)3/h18-24,33-35,37-42H,25-32,36H2,1-17H3/i18D,19D,20D,21D,22D. The molecule has 0 unspecified atom stereocenters. The highest BCUT2D eigenvalue weighted by Gasteiger charge is 2.51. The van der Waals surface area contributed by atoms with Gasteiger partial charge in [-0.3, -0.25) is 0 Å². The summed E-state index contributed by atoms with van der Waals surface area (Å²) in [5.74, 6) is 0. The van der Waals surface area contributed by atoms with E-state index in [4.69, 9.17) is 1.37 Å². The van der Waals surface area contributed by atoms with Crippen LogP contribution in [-0.2, 0) is 49.7 Å². The summed E-state index contributed by atoms with van der Waals surface area (Å²) < 4.78 is 46.6. The summed E-state index contributed by atoms with van der Waals surface area (Å²) >= 11 is 0. The maximum absolute atomic E-state index is 9.74. The van der Waals surface area contributed by atoms with Crippen LogP contribution in [0.2, 0.25) is 0 Å². The van der Waals surface area contributed by atoms with Gasteiger partial charge in [-0.2, -0.15) is 0 Å². The van der Waals surface area contributed by atoms with E-state index in [2.05, 4.69) is 194 Å². The van der Waals surface area contributed by atoms with Crippen LogP contribution in [0.4, 0.5) is 28.4 Å². The molecule has 0 radical (unpaired) electrons. The van der Waals surface area contributed by atoms with Crippen molar-refractivity contribution in [2.75, 3.05) is 9.80 Å². The topological polar surface area (TPSA) is 6.48 Å². The second-order valence-electron chi connectivity index (χ2n) is 30.1. The molecule has 75 heavy (non-hydrogen) atoms. The summed E-state index contributed by atoms with van der Waals surface area (Å²) in [5.41, 5.74) is 26.3. The third-order valence-electron chi connectivity index (χ3n) is 21.3. The molecule has 0 fully saturated rings. The molecule has 0 aromatic heterocycles. The molecule has 0 amide bonds. The number of hydrogen-bond acceptors (Lipinski definition) is 2. The van der Waals surface area contributed by atoms with E-state index in [9.17, 15) is 5.48 Å². The minimum atomic E-state index is -0.371. The van der Waals surface area contributed by atoms with Crippen molar-refractivity contribution in [3.8, 4) is 11.1 Å². The van der Waals surface area contributed by atoms with Gasteiger partial charge >= 0.3 is 0 Å². The summed E-state index contributed by atoms with van der Waals surface area (Å²) in [5, 5.41) is 0. The lowest BCUT2D eigenvalue weighted by Gasteiger charge is -2.48. The Labute approximate surface area is 459 Å². The van der Waals surface area contributed by atoms with Gasteiger partial charge < -0.3 is 9.80 Å². The van der Waals surface area contributed by atoms with Gasteiger partial charge in [-0.15, -0.1) is 0 Å². The van der Waals surface area contributed by atoms with Gasteiger partial charge in [-0.1, -0.05) is 165 Å². The lowest BCUT2D eigenvalue weighted by atomic mass is 9.32. The van der Waals surface area contributed by atoms with Crippen molar-refractivity contribution in [1.29, 1.82) is 0 Å². The van der Waals surface area contributed by atoms with Crippen LogP contribution in [0.1, 0.15) is 230 Å². The zero-order chi connectivity index (χ0) is 57.5. The van der Waals surface area contributed by atoms with Crippen LogP contribution < -0.4 is 20.7 Å². The summed E-state index contributed by atoms with van der Waals surface area (Å²) in [4.78, 5) is 5.22. The Morgan fingerprint density at radius 3 is 1.37 bits per heavy atom. The number of benzene rings is 6. The van der Waals surface area contributed by atoms with Crippen LogP contribution in [0.25, 0.3) is 16.8 Å². The lowest BCUT2D eigenvalue weighted by molar-refractivity contribution is 0.331. The molecule has 3 heteroatoms. The Morgan fingerprint density at radius 1 is 0.413 bits per heavy atom. The molecule has 2 nitrogen and oxygen atoms in total. The molecule has 0 atom stereocenters. The predicted octanol–water partition coefficient (Wildman–Crippen LogP) is 18.1. The highest BCUT2D eigenvalue weighted by atomic mass is 15.2. The Balaban J connectivity index is 1.19. The van der Waals surface area contributed by atoms with Crippen molar-refractivity contribution in [2.45, 2.75) is 219 Å². The second kappa shape index (κ2) is 15.5. The molecule has 13 rings (SSSR count). The summed E-state index contributed by atoms with van der Waals surface area (Å²) in [6, 6.07) is 26.1. The zero-order valence-corrected chi connectivity index (χ0v) is 48.7. The molecule has 5 aliphatic carbocycles. The average molecular weight is 994 g/mol. The SMILES string of the molecule is [2H]c1c([2H])c([2H])c(-c2cc3c(cc2N2c4cc5c(cc4B4C6=C(c7cc8c(cc7C6)C(C)(C)CCC8(C)C)N(c6ccc7c(c6)C(C)(C)CCC7(C)C)c6cc(C)cc2c64)C(C)(C)CCC5(C)C)C(C)(C)CCC3(C)C)c([2H])c1[2H]. The highest BCUT2D eigenvalue weighted by Crippen LogP contribution is 2.59. The number of rotatable bonds is 3. The normalized spacial score (nSPS) is 23.6. The fourth-order valence-electron chi connectivity index (χ4n) is 15.8. The molecule has 2 heterocycles. The first-order valence-electron chi connectivity index (χ1n) is 31.4. The second-order valence-corrected chi connectivity index (χ2v) is 30.1. The summed E-state index contributed by atoms with van der Waals surface area (Å²) in [6.07, 6.45) is 9.57. The largest absolute Gasteiger partial charge is 0.311 e. The molecular weight excluding hydrogens is 904 g/mol. The molecule has 386 valence electrons. The van der Waals surface area contributed by atoms with E-state index in [0.29, 0.717) is 5.56 Å². The number of hydrogen-bond donors (Lipinski definition) is 0. The predicted molar refractivity (Wildman–Crippen MR) is 323 cm³/mol. The van der Waals surface area contributed by atoms with E-state index >= 15 is 0 Å². The van der Waals surface area contributed by atoms with Gasteiger partial charge in [-0.25, -0.2) is 0 Å². The van der Waals surface area contributed by atoms with E-state index in [-0.39, 0.29) is 85.8 Å². The monoisotopic (exact) mass is 994 g/mol. The first-order chi connectivity index (χ1) is 37.1. The molecule has 6 aromatic rings. The first kappa shape index (κ1) is 43.8. The van der Waals surface area contributed by atoms with Crippen LogP contribution in [-0.4, -0.2) is 6.71 Å². The van der Waals surface area contributed by atoms with Crippen molar-refractivity contribution in [2.24, 2.45) is 0 Å². The van der Waals surface area contributed by atoms with Crippen LogP contribution >= 0.6 is 0 Å². The van der Waals surface area contributed by atoms with Crippen molar-refractivity contribution in [1.82, 2.24) is 0 Å². The van der Waals surface area contributed by atoms with Crippen LogP contribution in [0.3, 0.4) is 0 Å². The minimum absolute atomic E-state index is 0.00526. The molecule has 7 aliphatic rings. The number of aryl methyl sites for hydroxylation is 1. The average Bonchev–Trinajstić information content (AvgIpc) is 3.95. The molecule has 0 N–H and O–H groups in total.